The molecule has 6 heteroatoms. The number of aliphatic hydroxyl groups excluding tert-OH is 2. The predicted molar refractivity (Wildman–Crippen MR) is 75.4 cm³/mol. The van der Waals surface area contributed by atoms with E-state index in [1.54, 1.807) is 6.07 Å². The molecule has 116 valence electrons. The highest BCUT2D eigenvalue weighted by Gasteiger charge is 2.39. The van der Waals surface area contributed by atoms with E-state index in [-0.39, 0.29) is 22.8 Å². The van der Waals surface area contributed by atoms with Crippen molar-refractivity contribution in [1.82, 2.24) is 0 Å². The van der Waals surface area contributed by atoms with Crippen LogP contribution in [0.4, 0.5) is 4.39 Å². The van der Waals surface area contributed by atoms with E-state index in [1.165, 1.54) is 6.07 Å². The molecule has 2 aliphatic rings. The molecule has 21 heavy (non-hydrogen) atoms. The van der Waals surface area contributed by atoms with Crippen LogP contribution >= 0.6 is 0 Å². The Balaban J connectivity index is 2.13. The van der Waals surface area contributed by atoms with E-state index in [0.717, 1.165) is 25.5 Å². The van der Waals surface area contributed by atoms with E-state index >= 15 is 0 Å². The zero-order chi connectivity index (χ0) is 15.4. The monoisotopic (exact) mass is 314 g/mol. The molecule has 0 bridgehead atoms. The molecular weight excluding hydrogens is 295 g/mol. The Morgan fingerprint density at radius 3 is 2.52 bits per heavy atom. The summed E-state index contributed by atoms with van der Waals surface area (Å²) in [7, 11) is -3.55. The fourth-order valence-electron chi connectivity index (χ4n) is 3.31. The summed E-state index contributed by atoms with van der Waals surface area (Å²) in [5, 5.41) is 20.4. The van der Waals surface area contributed by atoms with Crippen LogP contribution in [0.1, 0.15) is 48.2 Å². The van der Waals surface area contributed by atoms with Gasteiger partial charge in [0, 0.05) is 18.2 Å². The van der Waals surface area contributed by atoms with Gasteiger partial charge in [0.05, 0.1) is 11.0 Å². The second-order valence-electron chi connectivity index (χ2n) is 6.12. The van der Waals surface area contributed by atoms with Crippen LogP contribution < -0.4 is 0 Å². The number of alkyl halides is 1. The van der Waals surface area contributed by atoms with Crippen LogP contribution in [0.5, 0.6) is 0 Å². The van der Waals surface area contributed by atoms with Crippen LogP contribution in [0.3, 0.4) is 0 Å². The molecule has 1 saturated carbocycles. The van der Waals surface area contributed by atoms with Crippen molar-refractivity contribution in [3.05, 3.63) is 28.8 Å². The summed E-state index contributed by atoms with van der Waals surface area (Å²) in [6.07, 6.45) is 0.255. The van der Waals surface area contributed by atoms with Crippen molar-refractivity contribution in [2.24, 2.45) is 5.92 Å². The molecule has 0 radical (unpaired) electrons. The lowest BCUT2D eigenvalue weighted by molar-refractivity contribution is 0.0613. The summed E-state index contributed by atoms with van der Waals surface area (Å²) in [4.78, 5) is -0.0327. The minimum Gasteiger partial charge on any atom is -0.388 e. The molecule has 0 heterocycles. The zero-order valence-electron chi connectivity index (χ0n) is 11.8. The lowest BCUT2D eigenvalue weighted by Crippen LogP contribution is -2.21. The third-order valence-corrected chi connectivity index (χ3v) is 5.86. The van der Waals surface area contributed by atoms with Gasteiger partial charge in [0.1, 0.15) is 12.3 Å². The first-order valence-electron chi connectivity index (χ1n) is 7.16. The molecule has 3 atom stereocenters. The van der Waals surface area contributed by atoms with Gasteiger partial charge in [-0.05, 0) is 36.0 Å². The lowest BCUT2D eigenvalue weighted by atomic mass is 9.77. The first kappa shape index (κ1) is 14.9. The van der Waals surface area contributed by atoms with E-state index in [9.17, 15) is 23.0 Å². The summed E-state index contributed by atoms with van der Waals surface area (Å²) in [5.74, 6) is 0.147. The van der Waals surface area contributed by atoms with Crippen molar-refractivity contribution in [2.45, 2.75) is 49.0 Å². The second-order valence-corrected chi connectivity index (χ2v) is 8.10. The molecule has 0 spiro atoms. The largest absolute Gasteiger partial charge is 0.388 e. The molecule has 0 unspecified atom stereocenters. The summed E-state index contributed by atoms with van der Waals surface area (Å²) < 4.78 is 37.6. The van der Waals surface area contributed by atoms with E-state index in [0.29, 0.717) is 11.1 Å². The van der Waals surface area contributed by atoms with E-state index < -0.39 is 28.2 Å². The van der Waals surface area contributed by atoms with Gasteiger partial charge in [-0.2, -0.15) is 0 Å². The molecular formula is C15H19FO4S. The number of hydrogen-bond donors (Lipinski definition) is 2. The smallest absolute Gasteiger partial charge is 0.175 e. The Hall–Kier alpha value is -0.980. The van der Waals surface area contributed by atoms with Gasteiger partial charge in [0.15, 0.2) is 9.84 Å². The minimum atomic E-state index is -3.55. The molecule has 2 aliphatic carbocycles. The van der Waals surface area contributed by atoms with Crippen LogP contribution in [0, 0.1) is 5.92 Å². The van der Waals surface area contributed by atoms with Gasteiger partial charge in [-0.25, -0.2) is 12.8 Å². The Bertz CT molecular complexity index is 666. The number of halogens is 1. The summed E-state index contributed by atoms with van der Waals surface area (Å²) >= 11 is 0. The number of aliphatic hydroxyl groups is 2. The third-order valence-electron chi connectivity index (χ3n) is 4.71. The molecule has 4 nitrogen and oxygen atoms in total. The molecule has 2 N–H and O–H groups in total. The van der Waals surface area contributed by atoms with E-state index in [1.807, 2.05) is 0 Å². The topological polar surface area (TPSA) is 74.6 Å². The number of sulfone groups is 1. The molecule has 1 aromatic carbocycles. The first-order chi connectivity index (χ1) is 9.80. The molecule has 0 aliphatic heterocycles. The highest BCUT2D eigenvalue weighted by atomic mass is 32.2. The van der Waals surface area contributed by atoms with E-state index in [4.69, 9.17) is 0 Å². The van der Waals surface area contributed by atoms with Gasteiger partial charge in [-0.15, -0.1) is 0 Å². The standard InChI is InChI=1S/C15H19FO4S/c1-21(19,20)12-6-5-9(14(17)8-3-2-4-8)10-7-11(16)15(18)13(10)12/h5-6,8,11,14-15,17-18H,2-4,7H2,1H3/t11-,14-,15-/m1/s1. The Morgan fingerprint density at radius 1 is 1.33 bits per heavy atom. The maximum Gasteiger partial charge on any atom is 0.175 e. The van der Waals surface area contributed by atoms with Crippen LogP contribution in [0.25, 0.3) is 0 Å². The predicted octanol–water partition coefficient (Wildman–Crippen LogP) is 1.85. The summed E-state index contributed by atoms with van der Waals surface area (Å²) in [6.45, 7) is 0. The van der Waals surface area contributed by atoms with E-state index in [2.05, 4.69) is 0 Å². The van der Waals surface area contributed by atoms with Crippen molar-refractivity contribution in [1.29, 1.82) is 0 Å². The average Bonchev–Trinajstić information content (AvgIpc) is 2.61. The van der Waals surface area contributed by atoms with Crippen molar-refractivity contribution >= 4 is 9.84 Å². The minimum absolute atomic E-state index is 0.0327. The molecule has 3 rings (SSSR count). The lowest BCUT2D eigenvalue weighted by Gasteiger charge is -2.31. The normalized spacial score (nSPS) is 27.2. The van der Waals surface area contributed by atoms with Gasteiger partial charge < -0.3 is 10.2 Å². The van der Waals surface area contributed by atoms with Gasteiger partial charge in [0.2, 0.25) is 0 Å². The van der Waals surface area contributed by atoms with Crippen LogP contribution in [-0.2, 0) is 16.3 Å². The van der Waals surface area contributed by atoms with Crippen LogP contribution in [0.15, 0.2) is 17.0 Å². The van der Waals surface area contributed by atoms with Gasteiger partial charge >= 0.3 is 0 Å². The van der Waals surface area contributed by atoms with Crippen molar-refractivity contribution in [3.63, 3.8) is 0 Å². The van der Waals surface area contributed by atoms with Crippen molar-refractivity contribution in [3.8, 4) is 0 Å². The molecule has 1 fully saturated rings. The number of hydrogen-bond acceptors (Lipinski definition) is 4. The average molecular weight is 314 g/mol. The fourth-order valence-corrected chi connectivity index (χ4v) is 4.27. The molecule has 0 amide bonds. The molecule has 1 aromatic rings. The third kappa shape index (κ3) is 2.39. The van der Waals surface area contributed by atoms with Crippen molar-refractivity contribution in [2.75, 3.05) is 6.26 Å². The number of rotatable bonds is 3. The number of fused-ring (bicyclic) bond motifs is 1. The van der Waals surface area contributed by atoms with Gasteiger partial charge in [0.25, 0.3) is 0 Å². The SMILES string of the molecule is CS(=O)(=O)c1ccc([C@H](O)C2CCC2)c2c1[C@H](O)[C@H](F)C2. The maximum atomic E-state index is 13.9. The summed E-state index contributed by atoms with van der Waals surface area (Å²) in [5.41, 5.74) is 1.18. The quantitative estimate of drug-likeness (QED) is 0.893. The second kappa shape index (κ2) is 5.04. The summed E-state index contributed by atoms with van der Waals surface area (Å²) in [6, 6.07) is 2.95. The van der Waals surface area contributed by atoms with Crippen LogP contribution in [-0.4, -0.2) is 31.1 Å². The van der Waals surface area contributed by atoms with Crippen LogP contribution in [0.2, 0.25) is 0 Å². The Labute approximate surface area is 123 Å². The Morgan fingerprint density at radius 2 is 2.00 bits per heavy atom. The fraction of sp³-hybridized carbons (Fsp3) is 0.600. The maximum absolute atomic E-state index is 13.9. The van der Waals surface area contributed by atoms with Crippen molar-refractivity contribution < 1.29 is 23.0 Å². The highest BCUT2D eigenvalue weighted by Crippen LogP contribution is 2.45. The van der Waals surface area contributed by atoms with Gasteiger partial charge in [-0.3, -0.25) is 0 Å². The zero-order valence-corrected chi connectivity index (χ0v) is 12.6. The number of benzene rings is 1. The molecule has 0 aromatic heterocycles. The molecule has 0 saturated heterocycles. The first-order valence-corrected chi connectivity index (χ1v) is 9.05. The highest BCUT2D eigenvalue weighted by molar-refractivity contribution is 7.90. The van der Waals surface area contributed by atoms with Gasteiger partial charge in [-0.1, -0.05) is 12.5 Å². The Kier molecular flexibility index (Phi) is 3.58.